The number of carbonyl (C=O) groups is 13. The van der Waals surface area contributed by atoms with Gasteiger partial charge in [-0.15, -0.1) is 37.2 Å². The van der Waals surface area contributed by atoms with Crippen molar-refractivity contribution < 1.29 is 96.2 Å². The SMILES string of the molecule is CC(C)(O)CNC(=O)c1ccc(COc2cccc3c2CN(C2CCC(=O)CC2=O)C3=O)cc1.CC(C)N(Cc1ccc(COc2cccc3c2CN(C2CCC(=O)CC2=O)C3=O)cc1)C(C)C.Cl.Cl.Cl.O=C1CCC(N2Cc3c(OCc4ccc(CNCCN5CCOCC5)cc4)cccc3C2=O)C(=O)C1.O=C1CCC(N2Cc3c(OCc4ccc(CNCCO)cc4)cccc3C2=O)C(=O)C1. The van der Waals surface area contributed by atoms with Gasteiger partial charge in [0.05, 0.1) is 101 Å². The third-order valence-electron chi connectivity index (χ3n) is 26.0. The average molecular weight is 1950 g/mol. The third-order valence-corrected chi connectivity index (χ3v) is 26.0. The molecule has 32 heteroatoms. The molecule has 5 aliphatic heterocycles. The Kier molecular flexibility index (Phi) is 38.4. The number of nitrogens with one attached hydrogen (secondary N) is 3. The summed E-state index contributed by atoms with van der Waals surface area (Å²) in [6.45, 7) is 23.7. The highest BCUT2D eigenvalue weighted by molar-refractivity contribution is 6.11. The van der Waals surface area contributed by atoms with E-state index in [1.54, 1.807) is 100 Å². The summed E-state index contributed by atoms with van der Waals surface area (Å²) in [6, 6.07) is 52.2. The molecule has 9 aliphatic rings. The van der Waals surface area contributed by atoms with E-state index in [4.69, 9.17) is 28.8 Å². The van der Waals surface area contributed by atoms with Gasteiger partial charge in [-0.1, -0.05) is 109 Å². The number of amides is 5. The minimum Gasteiger partial charge on any atom is -0.489 e. The summed E-state index contributed by atoms with van der Waals surface area (Å²) in [5.74, 6) is 0.668. The van der Waals surface area contributed by atoms with Crippen molar-refractivity contribution in [2.75, 3.05) is 59.1 Å². The van der Waals surface area contributed by atoms with Crippen molar-refractivity contribution in [2.45, 2.75) is 233 Å². The molecule has 0 aromatic heterocycles. The molecule has 5 heterocycles. The van der Waals surface area contributed by atoms with Crippen molar-refractivity contribution in [2.24, 2.45) is 0 Å². The van der Waals surface area contributed by atoms with Crippen molar-refractivity contribution in [3.05, 3.63) is 259 Å². The molecule has 4 saturated carbocycles. The Morgan fingerprint density at radius 1 is 0.413 bits per heavy atom. The van der Waals surface area contributed by atoms with Crippen LogP contribution in [0, 0.1) is 0 Å². The Morgan fingerprint density at radius 2 is 0.703 bits per heavy atom. The number of ether oxygens (including phenoxy) is 5. The number of nitrogens with zero attached hydrogens (tertiary/aromatic N) is 6. The molecule has 5 N–H and O–H groups in total. The zero-order valence-corrected chi connectivity index (χ0v) is 81.4. The Bertz CT molecular complexity index is 5700. The number of morpholine rings is 1. The molecule has 4 unspecified atom stereocenters. The molecule has 17 rings (SSSR count). The quantitative estimate of drug-likeness (QED) is 0.0193. The van der Waals surface area contributed by atoms with E-state index in [2.05, 4.69) is 102 Å². The molecular weight excluding hydrogens is 1830 g/mol. The average Bonchev–Trinajstić information content (AvgIpc) is 1.64. The maximum atomic E-state index is 13.0. The number of hydrogen-bond acceptors (Lipinski definition) is 24. The summed E-state index contributed by atoms with van der Waals surface area (Å²) in [5, 5.41) is 27.9. The second-order valence-electron chi connectivity index (χ2n) is 37.0. The van der Waals surface area contributed by atoms with Gasteiger partial charge in [0.1, 0.15) is 72.6 Å². The number of ketones is 8. The number of benzene rings is 8. The highest BCUT2D eigenvalue weighted by Crippen LogP contribution is 2.40. The number of aliphatic hydroxyl groups excluding tert-OH is 1. The number of aliphatic hydroxyl groups is 2. The predicted octanol–water partition coefficient (Wildman–Crippen LogP) is 12.5. The van der Waals surface area contributed by atoms with Gasteiger partial charge in [0.25, 0.3) is 29.5 Å². The molecule has 4 atom stereocenters. The first-order valence-electron chi connectivity index (χ1n) is 46.8. The first-order valence-corrected chi connectivity index (χ1v) is 46.8. The minimum absolute atomic E-state index is 0. The molecule has 8 aromatic rings. The second-order valence-corrected chi connectivity index (χ2v) is 37.0. The van der Waals surface area contributed by atoms with E-state index in [1.165, 1.54) is 11.1 Å². The van der Waals surface area contributed by atoms with Gasteiger partial charge in [0.15, 0.2) is 23.1 Å². The van der Waals surface area contributed by atoms with Crippen molar-refractivity contribution in [3.63, 3.8) is 0 Å². The summed E-state index contributed by atoms with van der Waals surface area (Å²) in [4.78, 5) is 171. The summed E-state index contributed by atoms with van der Waals surface area (Å²) < 4.78 is 29.7. The van der Waals surface area contributed by atoms with E-state index >= 15 is 0 Å². The lowest BCUT2D eigenvalue weighted by Crippen LogP contribution is -2.44. The molecule has 138 heavy (non-hydrogen) atoms. The van der Waals surface area contributed by atoms with Crippen molar-refractivity contribution in [3.8, 4) is 23.0 Å². The van der Waals surface area contributed by atoms with Crippen LogP contribution in [0.2, 0.25) is 0 Å². The first kappa shape index (κ1) is 107. The van der Waals surface area contributed by atoms with Crippen molar-refractivity contribution in [1.82, 2.24) is 45.3 Å². The van der Waals surface area contributed by atoms with Crippen LogP contribution in [0.15, 0.2) is 170 Å². The maximum absolute atomic E-state index is 13.0. The highest BCUT2D eigenvalue weighted by atomic mass is 35.5. The Morgan fingerprint density at radius 3 is 0.993 bits per heavy atom. The van der Waals surface area contributed by atoms with Crippen LogP contribution in [0.25, 0.3) is 0 Å². The number of carbonyl (C=O) groups excluding carboxylic acids is 13. The smallest absolute Gasteiger partial charge is 0.255 e. The van der Waals surface area contributed by atoms with E-state index in [1.807, 2.05) is 54.6 Å². The van der Waals surface area contributed by atoms with Crippen LogP contribution < -0.4 is 34.9 Å². The molecule has 0 bridgehead atoms. The zero-order chi connectivity index (χ0) is 95.6. The molecule has 0 spiro atoms. The molecule has 0 radical (unpaired) electrons. The fourth-order valence-electron chi connectivity index (χ4n) is 18.4. The Labute approximate surface area is 823 Å². The zero-order valence-electron chi connectivity index (χ0n) is 78.9. The van der Waals surface area contributed by atoms with Crippen LogP contribution in [0.3, 0.4) is 0 Å². The van der Waals surface area contributed by atoms with Gasteiger partial charge < -0.3 is 69.4 Å². The van der Waals surface area contributed by atoms with E-state index in [-0.39, 0.29) is 165 Å². The van der Waals surface area contributed by atoms with Gasteiger partial charge in [-0.2, -0.15) is 0 Å². The molecule has 734 valence electrons. The summed E-state index contributed by atoms with van der Waals surface area (Å²) >= 11 is 0. The third kappa shape index (κ3) is 27.4. The molecule has 5 amide bonds. The minimum atomic E-state index is -0.988. The lowest BCUT2D eigenvalue weighted by atomic mass is 9.92. The number of Topliss-reactive ketones (excluding diaryl/α,β-unsaturated/α-hetero) is 8. The maximum Gasteiger partial charge on any atom is 0.255 e. The van der Waals surface area contributed by atoms with Crippen molar-refractivity contribution >= 4 is 113 Å². The first-order chi connectivity index (χ1) is 65.0. The summed E-state index contributed by atoms with van der Waals surface area (Å²) in [5.41, 5.74) is 12.5. The van der Waals surface area contributed by atoms with Crippen LogP contribution in [0.5, 0.6) is 23.0 Å². The van der Waals surface area contributed by atoms with Gasteiger partial charge in [0, 0.05) is 147 Å². The van der Waals surface area contributed by atoms with Gasteiger partial charge in [0.2, 0.25) is 0 Å². The molecule has 8 aromatic carbocycles. The van der Waals surface area contributed by atoms with Crippen LogP contribution in [0.1, 0.15) is 232 Å². The monoisotopic (exact) mass is 1950 g/mol. The van der Waals surface area contributed by atoms with Gasteiger partial charge >= 0.3 is 0 Å². The topological polar surface area (TPSA) is 364 Å². The number of rotatable bonds is 32. The van der Waals surface area contributed by atoms with Crippen LogP contribution in [0.4, 0.5) is 0 Å². The van der Waals surface area contributed by atoms with E-state index < -0.39 is 29.8 Å². The van der Waals surface area contributed by atoms with Gasteiger partial charge in [-0.05, 0) is 167 Å². The molecule has 5 fully saturated rings. The standard InChI is InChI=1S/C28H33N3O5.C28H34N2O4.C26H28N2O6.C24H26N2O5.3ClH/c32-22-8-9-25(26(33)16-22)31-18-24-23(28(31)34)2-1-3-27(24)36-19-21-6-4-20(5-7-21)17-29-10-11-30-12-14-35-15-13-30;1-18(2)29(19(3)4)15-20-8-10-21(11-9-20)17-34-27-7-5-6-23-24(27)16-30(28(23)33)25-13-12-22(31)14-26(25)32;1-26(2,33)15-27-24(31)17-8-6-16(7-9-17)14-34-23-5-3-4-19-20(23)13-28(25(19)32)21-11-10-18(29)12-22(21)30;27-11-10-25-13-16-4-6-17(7-5-16)15-31-23-3-1-2-19-20(23)14-26(24(19)30)21-9-8-18(28)12-22(21)29;;;/h1-7,25,29H,8-19H2;5-11,18-19,25H,12-17H2,1-4H3;3-9,21,33H,10-15H2,1-2H3,(H,27,31);1-7,21,25,27H,8-15H2;3*1H. The normalized spacial score (nSPS) is 18.5. The predicted molar refractivity (Wildman–Crippen MR) is 523 cm³/mol. The van der Waals surface area contributed by atoms with Gasteiger partial charge in [-0.3, -0.25) is 72.1 Å². The van der Waals surface area contributed by atoms with Gasteiger partial charge in [-0.25, -0.2) is 0 Å². The van der Waals surface area contributed by atoms with E-state index in [0.29, 0.717) is 167 Å². The largest absolute Gasteiger partial charge is 0.489 e. The summed E-state index contributed by atoms with van der Waals surface area (Å²) in [6.07, 6.45) is 2.57. The fourth-order valence-corrected chi connectivity index (χ4v) is 18.4. The molecular formula is C106H124Cl3N9O20. The highest BCUT2D eigenvalue weighted by Gasteiger charge is 2.45. The fraction of sp³-hybridized carbons (Fsp3) is 0.425. The van der Waals surface area contributed by atoms with E-state index in [9.17, 15) is 67.4 Å². The second kappa shape index (κ2) is 49.7. The Balaban J connectivity index is 0.000000175. The van der Waals surface area contributed by atoms with Crippen LogP contribution in [-0.2, 0) is 115 Å². The number of hydrogen-bond donors (Lipinski definition) is 5. The molecule has 4 aliphatic carbocycles. The van der Waals surface area contributed by atoms with Crippen molar-refractivity contribution in [1.29, 1.82) is 0 Å². The number of halogens is 3. The lowest BCUT2D eigenvalue weighted by Gasteiger charge is -2.30. The lowest BCUT2D eigenvalue weighted by molar-refractivity contribution is -0.134. The summed E-state index contributed by atoms with van der Waals surface area (Å²) in [7, 11) is 0. The Hall–Kier alpha value is -11.7. The number of fused-ring (bicyclic) bond motifs is 4. The van der Waals surface area contributed by atoms with Crippen LogP contribution in [-0.4, -0.2) is 216 Å². The van der Waals surface area contributed by atoms with E-state index in [0.717, 1.165) is 103 Å². The molecule has 1 saturated heterocycles. The molecule has 29 nitrogen and oxygen atoms in total. The van der Waals surface area contributed by atoms with Crippen LogP contribution >= 0.6 is 37.2 Å².